The number of nitro groups is 1. The molecule has 0 spiro atoms. The van der Waals surface area contributed by atoms with Crippen LogP contribution in [0.5, 0.6) is 0 Å². The van der Waals surface area contributed by atoms with Crippen molar-refractivity contribution in [1.29, 1.82) is 0 Å². The normalized spacial score (nSPS) is 19.0. The molecule has 5 rings (SSSR count). The molecule has 1 aromatic carbocycles. The summed E-state index contributed by atoms with van der Waals surface area (Å²) < 4.78 is 60.2. The lowest BCUT2D eigenvalue weighted by molar-refractivity contribution is -0.384. The van der Waals surface area contributed by atoms with Crippen molar-refractivity contribution in [1.82, 2.24) is 27.4 Å². The van der Waals surface area contributed by atoms with E-state index in [4.69, 9.17) is 4.74 Å². The summed E-state index contributed by atoms with van der Waals surface area (Å²) in [5, 5.41) is 21.1. The van der Waals surface area contributed by atoms with Gasteiger partial charge in [-0.05, 0) is 31.0 Å². The lowest BCUT2D eigenvalue weighted by Crippen LogP contribution is -2.61. The van der Waals surface area contributed by atoms with Gasteiger partial charge >= 0.3 is 5.97 Å². The van der Waals surface area contributed by atoms with E-state index < -0.39 is 67.6 Å². The SMILES string of the molecule is CNS(=O)(=O)N(CC(=O)c1ncn2cc(C3=C(C(=O)OCc4ccc([N+](=O)[O-])cc4)N4C(=O)[C@H]([C@@H](C)O)[C@H]4C3)sc12)S(=O)(=O)NC. The number of aromatic nitrogens is 2. The third-order valence-corrected chi connectivity index (χ3v) is 12.2. The van der Waals surface area contributed by atoms with Gasteiger partial charge in [0.15, 0.2) is 0 Å². The van der Waals surface area contributed by atoms with Crippen LogP contribution in [0.25, 0.3) is 10.4 Å². The Morgan fingerprint density at radius 2 is 1.83 bits per heavy atom. The molecule has 0 radical (unpaired) electrons. The number of carbonyl (C=O) groups excluding carboxylic acids is 3. The number of amides is 1. The zero-order valence-corrected chi connectivity index (χ0v) is 26.8. The smallest absolute Gasteiger partial charge is 0.355 e. The molecular formula is C25H27N7O11S3. The van der Waals surface area contributed by atoms with Gasteiger partial charge in [0.05, 0.1) is 34.4 Å². The monoisotopic (exact) mass is 697 g/mol. The Morgan fingerprint density at radius 1 is 1.20 bits per heavy atom. The van der Waals surface area contributed by atoms with Gasteiger partial charge < -0.3 is 14.7 Å². The Labute approximate surface area is 265 Å². The van der Waals surface area contributed by atoms with Crippen molar-refractivity contribution >= 4 is 65.5 Å². The highest BCUT2D eigenvalue weighted by molar-refractivity contribution is 8.02. The number of hydrogen-bond donors (Lipinski definition) is 3. The van der Waals surface area contributed by atoms with E-state index in [9.17, 15) is 46.4 Å². The molecule has 2 aliphatic rings. The molecule has 4 heterocycles. The van der Waals surface area contributed by atoms with E-state index in [2.05, 4.69) is 4.98 Å². The van der Waals surface area contributed by atoms with Gasteiger partial charge in [0.2, 0.25) is 11.7 Å². The third kappa shape index (κ3) is 5.81. The second kappa shape index (κ2) is 12.2. The van der Waals surface area contributed by atoms with Crippen molar-refractivity contribution in [2.45, 2.75) is 32.1 Å². The molecule has 1 saturated heterocycles. The van der Waals surface area contributed by atoms with Crippen molar-refractivity contribution in [2.75, 3.05) is 20.6 Å². The van der Waals surface area contributed by atoms with E-state index in [0.717, 1.165) is 25.4 Å². The number of Topliss-reactive ketones (excluding diaryl/α,β-unsaturated/α-hetero) is 1. The average Bonchev–Trinajstić information content (AvgIpc) is 3.69. The second-order valence-corrected chi connectivity index (χ2v) is 15.1. The van der Waals surface area contributed by atoms with Crippen molar-refractivity contribution in [2.24, 2.45) is 5.92 Å². The van der Waals surface area contributed by atoms with Crippen molar-refractivity contribution < 1.29 is 46.0 Å². The number of benzene rings is 1. The van der Waals surface area contributed by atoms with E-state index in [-0.39, 0.29) is 38.6 Å². The molecule has 246 valence electrons. The highest BCUT2D eigenvalue weighted by atomic mass is 32.3. The van der Waals surface area contributed by atoms with Crippen LogP contribution < -0.4 is 9.44 Å². The predicted octanol–water partition coefficient (Wildman–Crippen LogP) is -0.217. The molecule has 3 atom stereocenters. The molecule has 3 aromatic rings. The molecular weight excluding hydrogens is 671 g/mol. The number of aliphatic hydroxyl groups is 1. The van der Waals surface area contributed by atoms with Crippen LogP contribution in [0.1, 0.15) is 34.3 Å². The van der Waals surface area contributed by atoms with E-state index in [1.165, 1.54) is 46.8 Å². The summed E-state index contributed by atoms with van der Waals surface area (Å²) in [5.74, 6) is -3.04. The summed E-state index contributed by atoms with van der Waals surface area (Å²) in [7, 11) is -7.26. The Bertz CT molecular complexity index is 1970. The maximum absolute atomic E-state index is 13.4. The number of thiazole rings is 1. The van der Waals surface area contributed by atoms with E-state index in [0.29, 0.717) is 16.0 Å². The molecule has 1 fully saturated rings. The Balaban J connectivity index is 1.47. The molecule has 2 aromatic heterocycles. The van der Waals surface area contributed by atoms with Gasteiger partial charge in [0.1, 0.15) is 29.2 Å². The fourth-order valence-electron chi connectivity index (χ4n) is 5.24. The number of carbonyl (C=O) groups is 3. The average molecular weight is 698 g/mol. The lowest BCUT2D eigenvalue weighted by atomic mass is 9.83. The number of ketones is 1. The Morgan fingerprint density at radius 3 is 2.39 bits per heavy atom. The number of nitrogens with one attached hydrogen (secondary N) is 2. The zero-order valence-electron chi connectivity index (χ0n) is 24.3. The highest BCUT2D eigenvalue weighted by Gasteiger charge is 2.57. The van der Waals surface area contributed by atoms with Gasteiger partial charge in [-0.25, -0.2) is 19.2 Å². The number of β-lactam (4-membered cyclic amide) rings is 1. The number of fused-ring (bicyclic) bond motifs is 2. The minimum atomic E-state index is -4.61. The number of nitro benzene ring substituents is 1. The number of non-ortho nitro benzene ring substituents is 1. The number of nitrogens with zero attached hydrogens (tertiary/aromatic N) is 5. The summed E-state index contributed by atoms with van der Waals surface area (Å²) in [6.07, 6.45) is 1.97. The molecule has 0 saturated carbocycles. The van der Waals surface area contributed by atoms with Crippen LogP contribution in [-0.4, -0.2) is 95.3 Å². The summed E-state index contributed by atoms with van der Waals surface area (Å²) >= 11 is 0.993. The maximum Gasteiger partial charge on any atom is 0.355 e. The van der Waals surface area contributed by atoms with Crippen LogP contribution in [0, 0.1) is 16.0 Å². The van der Waals surface area contributed by atoms with Crippen molar-refractivity contribution in [3.05, 3.63) is 68.7 Å². The second-order valence-electron chi connectivity index (χ2n) is 10.2. The Hall–Kier alpha value is -4.12. The van der Waals surface area contributed by atoms with Gasteiger partial charge in [0.25, 0.3) is 26.1 Å². The van der Waals surface area contributed by atoms with Gasteiger partial charge in [-0.1, -0.05) is 3.71 Å². The van der Waals surface area contributed by atoms with Crippen molar-refractivity contribution in [3.63, 3.8) is 0 Å². The van der Waals surface area contributed by atoms with Gasteiger partial charge in [-0.3, -0.25) is 24.1 Å². The summed E-state index contributed by atoms with van der Waals surface area (Å²) in [6.45, 7) is 0.112. The number of rotatable bonds is 13. The van der Waals surface area contributed by atoms with Crippen LogP contribution in [0.15, 0.2) is 42.5 Å². The van der Waals surface area contributed by atoms with E-state index in [1.54, 1.807) is 6.20 Å². The minimum absolute atomic E-state index is 0.0344. The van der Waals surface area contributed by atoms with Crippen LogP contribution in [-0.2, 0) is 41.4 Å². The fraction of sp³-hybridized carbons (Fsp3) is 0.360. The van der Waals surface area contributed by atoms with Crippen molar-refractivity contribution in [3.8, 4) is 0 Å². The largest absolute Gasteiger partial charge is 0.456 e. The first kappa shape index (κ1) is 33.2. The topological polar surface area (TPSA) is 240 Å². The van der Waals surface area contributed by atoms with Crippen LogP contribution >= 0.6 is 11.3 Å². The van der Waals surface area contributed by atoms with Crippen LogP contribution in [0.4, 0.5) is 5.69 Å². The minimum Gasteiger partial charge on any atom is -0.456 e. The zero-order chi connectivity index (χ0) is 33.7. The molecule has 0 aliphatic carbocycles. The van der Waals surface area contributed by atoms with Gasteiger partial charge in [0, 0.05) is 38.0 Å². The Kier molecular flexibility index (Phi) is 8.85. The van der Waals surface area contributed by atoms with Gasteiger partial charge in [-0.2, -0.15) is 16.8 Å². The predicted molar refractivity (Wildman–Crippen MR) is 160 cm³/mol. The summed E-state index contributed by atoms with van der Waals surface area (Å²) in [6, 6.07) is 4.82. The first-order valence-corrected chi connectivity index (χ1v) is 17.1. The van der Waals surface area contributed by atoms with Gasteiger partial charge in [-0.15, -0.1) is 11.3 Å². The lowest BCUT2D eigenvalue weighted by Gasteiger charge is -2.44. The number of aliphatic hydroxyl groups excluding tert-OH is 1. The number of esters is 1. The molecule has 18 nitrogen and oxygen atoms in total. The van der Waals surface area contributed by atoms with E-state index >= 15 is 0 Å². The molecule has 3 N–H and O–H groups in total. The molecule has 0 bridgehead atoms. The van der Waals surface area contributed by atoms with E-state index in [1.807, 2.05) is 9.44 Å². The summed E-state index contributed by atoms with van der Waals surface area (Å²) in [5.41, 5.74) is 0.406. The first-order valence-electron chi connectivity index (χ1n) is 13.4. The standard InChI is InChI=1S/C25H27N7O11S3/c1-13(33)20-17-8-16(22(31(17)23(20)35)25(36)43-11-14-4-6-15(7-5-14)32(37)38)19-10-29-12-28-21(24(29)44-19)18(34)9-30(45(39,40)26-2)46(41,42)27-3/h4-7,10,12-13,17,20,26-27,33H,8-9,11H2,1-3H3/t13-,17-,20-/m1/s1. The number of ether oxygens (including phenoxy) is 1. The van der Waals surface area contributed by atoms with Crippen LogP contribution in [0.2, 0.25) is 0 Å². The first-order chi connectivity index (χ1) is 21.6. The quantitative estimate of drug-likeness (QED) is 0.0691. The van der Waals surface area contributed by atoms with Crippen LogP contribution in [0.3, 0.4) is 0 Å². The molecule has 2 aliphatic heterocycles. The maximum atomic E-state index is 13.4. The molecule has 0 unspecified atom stereocenters. The number of imidazole rings is 1. The molecule has 46 heavy (non-hydrogen) atoms. The third-order valence-electron chi connectivity index (χ3n) is 7.54. The highest BCUT2D eigenvalue weighted by Crippen LogP contribution is 2.48. The number of hydrogen-bond acceptors (Lipinski definition) is 13. The molecule has 21 heteroatoms. The fourth-order valence-corrected chi connectivity index (χ4v) is 8.84. The molecule has 1 amide bonds. The summed E-state index contributed by atoms with van der Waals surface area (Å²) in [4.78, 5) is 56.0.